The Morgan fingerprint density at radius 1 is 0.692 bits per heavy atom. The molecule has 0 atom stereocenters. The number of hydrogen-bond acceptors (Lipinski definition) is 22. The first kappa shape index (κ1) is 64.1. The number of amides is 6. The number of amidine groups is 1. The first-order valence-corrected chi connectivity index (χ1v) is 26.8. The second-order valence-corrected chi connectivity index (χ2v) is 17.9. The number of ether oxygens (including phenoxy) is 9. The molecule has 0 radical (unpaired) electrons. The van der Waals surface area contributed by atoms with Gasteiger partial charge < -0.3 is 59.0 Å². The highest BCUT2D eigenvalue weighted by Crippen LogP contribution is 2.32. The minimum Gasteiger partial charge on any atom is -0.446 e. The molecule has 78 heavy (non-hydrogen) atoms. The third-order valence-electron chi connectivity index (χ3n) is 10.4. The predicted molar refractivity (Wildman–Crippen MR) is 278 cm³/mol. The summed E-state index contributed by atoms with van der Waals surface area (Å²) in [5.74, 6) is -1.25. The van der Waals surface area contributed by atoms with Crippen LogP contribution in [0.3, 0.4) is 0 Å². The lowest BCUT2D eigenvalue weighted by Crippen LogP contribution is -2.42. The normalized spacial score (nSPS) is 13.2. The van der Waals surface area contributed by atoms with Crippen molar-refractivity contribution < 1.29 is 84.7 Å². The van der Waals surface area contributed by atoms with Gasteiger partial charge in [0.25, 0.3) is 17.7 Å². The minimum absolute atomic E-state index is 0.0100. The standard InChI is InChI=1S/C49H72N10O18S/c1-3-12-59(77-4-2)48(64)39-30-38-6-5-37(31-41(38)56-42(50)32-39)40-33-52-43(53-34-40)35-54-44(60)9-13-68-16-19-71-22-23-73-21-18-70-15-11-55-78(66,67)57-49(65)76-29-28-75-27-26-74-25-24-72-20-17-69-14-10-51-45(61)36-58-46(62)7-8-47(58)63/h5-8,30-31,33-34,55H,3-4,9-29,32,35-36H2,1-2H3,(H2,50,56)(H,51,61)(H,54,60)(H,57,65). The van der Waals surface area contributed by atoms with Crippen molar-refractivity contribution in [2.45, 2.75) is 39.7 Å². The number of benzene rings is 1. The zero-order valence-electron chi connectivity index (χ0n) is 44.1. The van der Waals surface area contributed by atoms with Crippen molar-refractivity contribution in [1.82, 2.24) is 40.0 Å². The molecule has 0 spiro atoms. The highest BCUT2D eigenvalue weighted by molar-refractivity contribution is 7.88. The van der Waals surface area contributed by atoms with Crippen molar-refractivity contribution in [3.05, 3.63) is 59.7 Å². The molecular formula is C49H72N10O18S. The zero-order chi connectivity index (χ0) is 56.2. The molecule has 4 rings (SSSR count). The van der Waals surface area contributed by atoms with Gasteiger partial charge in [0, 0.05) is 73.7 Å². The lowest BCUT2D eigenvalue weighted by molar-refractivity contribution is -0.180. The number of imide groups is 1. The van der Waals surface area contributed by atoms with E-state index in [9.17, 15) is 37.2 Å². The van der Waals surface area contributed by atoms with Crippen LogP contribution in [0, 0.1) is 0 Å². The summed E-state index contributed by atoms with van der Waals surface area (Å²) in [6, 6.07) is 5.62. The number of carbonyl (C=O) groups is 6. The fourth-order valence-corrected chi connectivity index (χ4v) is 7.37. The average molecular weight is 1120 g/mol. The third-order valence-corrected chi connectivity index (χ3v) is 11.4. The number of hydrogen-bond donors (Lipinski definition) is 5. The highest BCUT2D eigenvalue weighted by Gasteiger charge is 2.26. The van der Waals surface area contributed by atoms with Gasteiger partial charge in [-0.25, -0.2) is 29.5 Å². The topological polar surface area (TPSA) is 348 Å². The van der Waals surface area contributed by atoms with Gasteiger partial charge in [0.2, 0.25) is 11.8 Å². The van der Waals surface area contributed by atoms with Crippen molar-refractivity contribution >= 4 is 63.4 Å². The summed E-state index contributed by atoms with van der Waals surface area (Å²) in [5, 5.41) is 6.70. The zero-order valence-corrected chi connectivity index (χ0v) is 44.9. The molecular weight excluding hydrogens is 1050 g/mol. The second-order valence-electron chi connectivity index (χ2n) is 16.4. The summed E-state index contributed by atoms with van der Waals surface area (Å²) in [5.41, 5.74) is 9.62. The number of rotatable bonds is 42. The van der Waals surface area contributed by atoms with Gasteiger partial charge in [-0.1, -0.05) is 19.1 Å². The first-order valence-electron chi connectivity index (χ1n) is 25.3. The molecule has 3 heterocycles. The first-order chi connectivity index (χ1) is 37.8. The smallest absolute Gasteiger partial charge is 0.421 e. The molecule has 6 amide bonds. The Hall–Kier alpha value is -6.38. The van der Waals surface area contributed by atoms with E-state index >= 15 is 0 Å². The molecule has 0 bridgehead atoms. The molecule has 0 saturated heterocycles. The van der Waals surface area contributed by atoms with Crippen LogP contribution in [0.25, 0.3) is 17.2 Å². The molecule has 1 aromatic carbocycles. The number of carbonyl (C=O) groups excluding carboxylic acids is 6. The van der Waals surface area contributed by atoms with Gasteiger partial charge in [-0.15, -0.1) is 0 Å². The van der Waals surface area contributed by atoms with Crippen LogP contribution in [-0.4, -0.2) is 215 Å². The lowest BCUT2D eigenvalue weighted by Gasteiger charge is -2.21. The summed E-state index contributed by atoms with van der Waals surface area (Å²) in [4.78, 5) is 91.9. The summed E-state index contributed by atoms with van der Waals surface area (Å²) in [6.07, 6.45) is 7.23. The van der Waals surface area contributed by atoms with E-state index in [-0.39, 0.29) is 130 Å². The summed E-state index contributed by atoms with van der Waals surface area (Å²) in [6.45, 7) is 7.98. The van der Waals surface area contributed by atoms with E-state index in [1.165, 1.54) is 5.06 Å². The van der Waals surface area contributed by atoms with Gasteiger partial charge >= 0.3 is 16.3 Å². The molecule has 0 unspecified atom stereocenters. The summed E-state index contributed by atoms with van der Waals surface area (Å²) in [7, 11) is -4.18. The molecule has 2 aromatic rings. The van der Waals surface area contributed by atoms with E-state index in [4.69, 9.17) is 53.2 Å². The van der Waals surface area contributed by atoms with Gasteiger partial charge in [-0.2, -0.15) is 13.1 Å². The maximum atomic E-state index is 13.2. The Balaban J connectivity index is 0.884. The Morgan fingerprint density at radius 2 is 1.24 bits per heavy atom. The molecule has 0 fully saturated rings. The fourth-order valence-electron chi connectivity index (χ4n) is 6.67. The molecule has 6 N–H and O–H groups in total. The van der Waals surface area contributed by atoms with Crippen molar-refractivity contribution in [3.63, 3.8) is 0 Å². The number of hydroxylamine groups is 2. The van der Waals surface area contributed by atoms with Crippen LogP contribution in [0.4, 0.5) is 10.5 Å². The molecule has 29 heteroatoms. The van der Waals surface area contributed by atoms with Crippen molar-refractivity contribution in [2.24, 2.45) is 10.7 Å². The largest absolute Gasteiger partial charge is 0.446 e. The molecule has 432 valence electrons. The minimum atomic E-state index is -4.18. The van der Waals surface area contributed by atoms with E-state index < -0.39 is 34.0 Å². The van der Waals surface area contributed by atoms with Crippen LogP contribution >= 0.6 is 0 Å². The average Bonchev–Trinajstić information content (AvgIpc) is 3.63. The Morgan fingerprint density at radius 3 is 1.82 bits per heavy atom. The van der Waals surface area contributed by atoms with Gasteiger partial charge in [-0.3, -0.25) is 33.7 Å². The lowest BCUT2D eigenvalue weighted by atomic mass is 10.0. The Bertz CT molecular complexity index is 2390. The maximum Gasteiger partial charge on any atom is 0.421 e. The van der Waals surface area contributed by atoms with E-state index in [1.807, 2.05) is 32.0 Å². The SMILES string of the molecule is CCCN(OCC)C(=O)C1=Cc2ccc(-c3cnc(CNC(=O)CCOCCOCCOCCOCCNS(=O)(=O)NC(=O)OCCOCCOCCOCCOCCNC(=O)CN4C(=O)C=CC4=O)nc3)cc2N=C(N)C1. The van der Waals surface area contributed by atoms with Crippen LogP contribution < -0.4 is 25.8 Å². The van der Waals surface area contributed by atoms with Crippen molar-refractivity contribution in [1.29, 1.82) is 0 Å². The third kappa shape index (κ3) is 26.3. The quantitative estimate of drug-likeness (QED) is 0.0328. The number of fused-ring (bicyclic) bond motifs is 1. The monoisotopic (exact) mass is 1120 g/mol. The Labute approximate surface area is 453 Å². The molecule has 2 aliphatic heterocycles. The molecule has 2 aliphatic rings. The molecule has 28 nitrogen and oxygen atoms in total. The number of aromatic nitrogens is 2. The van der Waals surface area contributed by atoms with Gasteiger partial charge in [-0.05, 0) is 31.1 Å². The number of nitrogens with one attached hydrogen (secondary N) is 4. The van der Waals surface area contributed by atoms with Crippen LogP contribution in [0.5, 0.6) is 0 Å². The van der Waals surface area contributed by atoms with E-state index in [2.05, 4.69) is 30.3 Å². The summed E-state index contributed by atoms with van der Waals surface area (Å²) < 4.78 is 76.0. The van der Waals surface area contributed by atoms with Gasteiger partial charge in [0.05, 0.1) is 125 Å². The van der Waals surface area contributed by atoms with E-state index in [1.54, 1.807) is 23.2 Å². The van der Waals surface area contributed by atoms with Gasteiger partial charge in [0.1, 0.15) is 24.8 Å². The fraction of sp³-hybridized carbons (Fsp3) is 0.571. The van der Waals surface area contributed by atoms with Crippen LogP contribution in [-0.2, 0) is 88.2 Å². The number of nitrogens with zero attached hydrogens (tertiary/aromatic N) is 5. The van der Waals surface area contributed by atoms with Crippen LogP contribution in [0.1, 0.15) is 44.5 Å². The predicted octanol–water partition coefficient (Wildman–Crippen LogP) is -0.150. The molecule has 1 aromatic heterocycles. The summed E-state index contributed by atoms with van der Waals surface area (Å²) >= 11 is 0. The number of aliphatic imine (C=N–C) groups is 1. The van der Waals surface area contributed by atoms with Crippen molar-refractivity contribution in [3.8, 4) is 11.1 Å². The van der Waals surface area contributed by atoms with Crippen molar-refractivity contribution in [2.75, 3.05) is 145 Å². The maximum absolute atomic E-state index is 13.2. The highest BCUT2D eigenvalue weighted by atomic mass is 32.2. The van der Waals surface area contributed by atoms with Gasteiger partial charge in [0.15, 0.2) is 0 Å². The van der Waals surface area contributed by atoms with E-state index in [0.29, 0.717) is 69.1 Å². The number of nitrogens with two attached hydrogens (primary N) is 1. The molecule has 0 aliphatic carbocycles. The Kier molecular flexibility index (Phi) is 30.8. The van der Waals surface area contributed by atoms with E-state index in [0.717, 1.165) is 40.2 Å². The van der Waals surface area contributed by atoms with Crippen LogP contribution in [0.15, 0.2) is 53.3 Å². The molecule has 0 saturated carbocycles. The van der Waals surface area contributed by atoms with Crippen LogP contribution in [0.2, 0.25) is 0 Å². The second kappa shape index (κ2) is 37.4.